The van der Waals surface area contributed by atoms with Gasteiger partial charge in [-0.05, 0) is 19.1 Å². The fourth-order valence-corrected chi connectivity index (χ4v) is 3.15. The first kappa shape index (κ1) is 20.0. The number of nitrogens with one attached hydrogen (secondary N) is 2. The zero-order chi connectivity index (χ0) is 21.3. The van der Waals surface area contributed by atoms with Crippen LogP contribution in [0.5, 0.6) is 0 Å². The van der Waals surface area contributed by atoms with Gasteiger partial charge in [-0.25, -0.2) is 4.98 Å². The van der Waals surface area contributed by atoms with E-state index in [2.05, 4.69) is 15.3 Å². The maximum absolute atomic E-state index is 12.6. The molecule has 29 heavy (non-hydrogen) atoms. The van der Waals surface area contributed by atoms with Crippen LogP contribution in [0.1, 0.15) is 36.8 Å². The molecule has 1 aromatic heterocycles. The number of β-amino-alcohol motifs (C(OH)–C–C–N with tert-alkyl or cyclic N) is 1. The Balaban J connectivity index is 1.63. The first-order valence-electron chi connectivity index (χ1n) is 8.65. The van der Waals surface area contributed by atoms with Crippen molar-refractivity contribution in [3.05, 3.63) is 57.3 Å². The SMILES string of the molecule is Cc1nc[nH]c(=O)c1C(=O)NCC1(O)CN(C(=O)c2cccc(C(N)=O)c2N)C1. The van der Waals surface area contributed by atoms with Gasteiger partial charge in [0.1, 0.15) is 11.2 Å². The average Bonchev–Trinajstić information content (AvgIpc) is 2.63. The third-order valence-electron chi connectivity index (χ3n) is 4.71. The number of likely N-dealkylation sites (tertiary alicyclic amines) is 1. The first-order valence-corrected chi connectivity index (χ1v) is 8.65. The van der Waals surface area contributed by atoms with Gasteiger partial charge in [0.05, 0.1) is 48.5 Å². The minimum atomic E-state index is -1.36. The number of aromatic amines is 1. The molecule has 3 amide bonds. The molecular formula is C18H20N6O5. The van der Waals surface area contributed by atoms with Crippen LogP contribution in [0.3, 0.4) is 0 Å². The molecule has 0 radical (unpaired) electrons. The van der Waals surface area contributed by atoms with Crippen molar-refractivity contribution in [2.75, 3.05) is 25.4 Å². The molecule has 1 aliphatic rings. The number of hydrogen-bond acceptors (Lipinski definition) is 7. The van der Waals surface area contributed by atoms with Crippen LogP contribution in [0.15, 0.2) is 29.3 Å². The van der Waals surface area contributed by atoms with E-state index >= 15 is 0 Å². The smallest absolute Gasteiger partial charge is 0.263 e. The Morgan fingerprint density at radius 2 is 1.97 bits per heavy atom. The highest BCUT2D eigenvalue weighted by Crippen LogP contribution is 2.26. The third-order valence-corrected chi connectivity index (χ3v) is 4.71. The molecule has 1 saturated heterocycles. The number of nitrogens with two attached hydrogens (primary N) is 2. The number of aryl methyl sites for hydroxylation is 1. The molecule has 11 heteroatoms. The number of carbonyl (C=O) groups is 3. The Hall–Kier alpha value is -3.73. The number of aliphatic hydroxyl groups is 1. The minimum Gasteiger partial charge on any atom is -0.397 e. The number of carbonyl (C=O) groups excluding carboxylic acids is 3. The lowest BCUT2D eigenvalue weighted by Gasteiger charge is -2.46. The number of para-hydroxylation sites is 1. The number of primary amides is 1. The van der Waals surface area contributed by atoms with Gasteiger partial charge in [-0.15, -0.1) is 0 Å². The van der Waals surface area contributed by atoms with Crippen molar-refractivity contribution in [3.8, 4) is 0 Å². The summed E-state index contributed by atoms with van der Waals surface area (Å²) in [6.45, 7) is 1.23. The standard InChI is InChI=1S/C18H20N6O5/c1-9-12(16(27)23-8-22-9)15(26)21-5-18(29)6-24(7-18)17(28)11-4-2-3-10(13(11)19)14(20)25/h2-4,8,29H,5-7,19H2,1H3,(H2,20,25)(H,21,26)(H,22,23,27). The van der Waals surface area contributed by atoms with Gasteiger partial charge in [-0.2, -0.15) is 0 Å². The molecule has 3 rings (SSSR count). The summed E-state index contributed by atoms with van der Waals surface area (Å²) in [6.07, 6.45) is 1.19. The Morgan fingerprint density at radius 1 is 1.31 bits per heavy atom. The van der Waals surface area contributed by atoms with E-state index in [4.69, 9.17) is 11.5 Å². The van der Waals surface area contributed by atoms with Gasteiger partial charge in [0.15, 0.2) is 0 Å². The van der Waals surface area contributed by atoms with Gasteiger partial charge >= 0.3 is 0 Å². The molecule has 2 heterocycles. The number of amides is 3. The summed E-state index contributed by atoms with van der Waals surface area (Å²) in [7, 11) is 0. The van der Waals surface area contributed by atoms with Crippen molar-refractivity contribution in [1.82, 2.24) is 20.2 Å². The second kappa shape index (κ2) is 7.36. The van der Waals surface area contributed by atoms with Crippen LogP contribution >= 0.6 is 0 Å². The normalized spacial score (nSPS) is 14.8. The van der Waals surface area contributed by atoms with Gasteiger partial charge in [0.2, 0.25) is 0 Å². The van der Waals surface area contributed by atoms with Crippen molar-refractivity contribution >= 4 is 23.4 Å². The lowest BCUT2D eigenvalue weighted by molar-refractivity contribution is -0.0772. The molecule has 0 saturated carbocycles. The molecule has 1 aliphatic heterocycles. The molecule has 0 aliphatic carbocycles. The van der Waals surface area contributed by atoms with E-state index < -0.39 is 28.9 Å². The van der Waals surface area contributed by atoms with E-state index in [1.807, 2.05) is 0 Å². The fraction of sp³-hybridized carbons (Fsp3) is 0.278. The quantitative estimate of drug-likeness (QED) is 0.373. The molecule has 0 atom stereocenters. The van der Waals surface area contributed by atoms with Gasteiger partial charge in [0.25, 0.3) is 23.3 Å². The highest BCUT2D eigenvalue weighted by atomic mass is 16.3. The minimum absolute atomic E-state index is 0.0278. The van der Waals surface area contributed by atoms with Gasteiger partial charge in [-0.1, -0.05) is 6.07 Å². The summed E-state index contributed by atoms with van der Waals surface area (Å²) >= 11 is 0. The molecule has 0 bridgehead atoms. The number of nitrogen functional groups attached to an aromatic ring is 1. The number of benzene rings is 1. The summed E-state index contributed by atoms with van der Waals surface area (Å²) in [4.78, 5) is 55.5. The lowest BCUT2D eigenvalue weighted by atomic mass is 9.92. The highest BCUT2D eigenvalue weighted by molar-refractivity contribution is 6.07. The average molecular weight is 400 g/mol. The predicted octanol–water partition coefficient (Wildman–Crippen LogP) is -1.62. The van der Waals surface area contributed by atoms with E-state index in [9.17, 15) is 24.3 Å². The van der Waals surface area contributed by atoms with Gasteiger partial charge in [-0.3, -0.25) is 19.2 Å². The molecule has 0 spiro atoms. The fourth-order valence-electron chi connectivity index (χ4n) is 3.15. The predicted molar refractivity (Wildman–Crippen MR) is 102 cm³/mol. The second-order valence-electron chi connectivity index (χ2n) is 6.89. The number of nitrogens with zero attached hydrogens (tertiary/aromatic N) is 2. The second-order valence-corrected chi connectivity index (χ2v) is 6.89. The number of aromatic nitrogens is 2. The van der Waals surface area contributed by atoms with Crippen molar-refractivity contribution in [2.45, 2.75) is 12.5 Å². The molecule has 11 nitrogen and oxygen atoms in total. The van der Waals surface area contributed by atoms with Crippen LogP contribution in [0.25, 0.3) is 0 Å². The van der Waals surface area contributed by atoms with E-state index in [-0.39, 0.29) is 47.7 Å². The lowest BCUT2D eigenvalue weighted by Crippen LogP contribution is -2.67. The van der Waals surface area contributed by atoms with Crippen LogP contribution in [-0.4, -0.2) is 62.9 Å². The third kappa shape index (κ3) is 3.80. The van der Waals surface area contributed by atoms with E-state index in [1.165, 1.54) is 36.4 Å². The zero-order valence-corrected chi connectivity index (χ0v) is 15.6. The summed E-state index contributed by atoms with van der Waals surface area (Å²) < 4.78 is 0. The Morgan fingerprint density at radius 3 is 2.59 bits per heavy atom. The van der Waals surface area contributed by atoms with Crippen molar-refractivity contribution in [1.29, 1.82) is 0 Å². The molecule has 2 aromatic rings. The van der Waals surface area contributed by atoms with Crippen LogP contribution in [0.4, 0.5) is 5.69 Å². The van der Waals surface area contributed by atoms with Crippen LogP contribution in [0, 0.1) is 6.92 Å². The van der Waals surface area contributed by atoms with Crippen LogP contribution in [0.2, 0.25) is 0 Å². The molecule has 7 N–H and O–H groups in total. The summed E-state index contributed by atoms with van der Waals surface area (Å²) in [6, 6.07) is 4.36. The number of rotatable bonds is 5. The van der Waals surface area contributed by atoms with E-state index in [0.717, 1.165) is 0 Å². The largest absolute Gasteiger partial charge is 0.397 e. The summed E-state index contributed by atoms with van der Waals surface area (Å²) in [5.74, 6) is -1.89. The van der Waals surface area contributed by atoms with Crippen LogP contribution in [-0.2, 0) is 0 Å². The number of anilines is 1. The molecule has 0 unspecified atom stereocenters. The maximum Gasteiger partial charge on any atom is 0.263 e. The Labute approximate surface area is 164 Å². The Bertz CT molecular complexity index is 1060. The molecule has 152 valence electrons. The van der Waals surface area contributed by atoms with Gasteiger partial charge < -0.3 is 31.8 Å². The zero-order valence-electron chi connectivity index (χ0n) is 15.6. The topological polar surface area (TPSA) is 184 Å². The van der Waals surface area contributed by atoms with E-state index in [0.29, 0.717) is 0 Å². The van der Waals surface area contributed by atoms with E-state index in [1.54, 1.807) is 0 Å². The van der Waals surface area contributed by atoms with Crippen molar-refractivity contribution in [3.63, 3.8) is 0 Å². The summed E-state index contributed by atoms with van der Waals surface area (Å²) in [5.41, 5.74) is 9.38. The summed E-state index contributed by atoms with van der Waals surface area (Å²) in [5, 5.41) is 13.0. The van der Waals surface area contributed by atoms with Crippen LogP contribution < -0.4 is 22.3 Å². The molecule has 1 aromatic carbocycles. The maximum atomic E-state index is 12.6. The number of hydrogen-bond donors (Lipinski definition) is 5. The van der Waals surface area contributed by atoms with Crippen molar-refractivity contribution < 1.29 is 19.5 Å². The number of H-pyrrole nitrogens is 1. The van der Waals surface area contributed by atoms with Gasteiger partial charge in [0, 0.05) is 0 Å². The molecular weight excluding hydrogens is 380 g/mol. The molecule has 1 fully saturated rings. The highest BCUT2D eigenvalue weighted by Gasteiger charge is 2.44. The monoisotopic (exact) mass is 400 g/mol. The first-order chi connectivity index (χ1) is 13.6. The Kier molecular flexibility index (Phi) is 5.08. The van der Waals surface area contributed by atoms with Crippen molar-refractivity contribution in [2.24, 2.45) is 5.73 Å².